The molecule has 0 aliphatic heterocycles. The summed E-state index contributed by atoms with van der Waals surface area (Å²) in [7, 11) is 0. The highest BCUT2D eigenvalue weighted by Gasteiger charge is 2.27. The van der Waals surface area contributed by atoms with E-state index in [-0.39, 0.29) is 5.69 Å². The van der Waals surface area contributed by atoms with Crippen molar-refractivity contribution >= 4 is 16.6 Å². The molecule has 1 atom stereocenters. The molecule has 4 aromatic rings. The van der Waals surface area contributed by atoms with E-state index in [1.165, 1.54) is 0 Å². The third kappa shape index (κ3) is 2.81. The van der Waals surface area contributed by atoms with Gasteiger partial charge in [-0.3, -0.25) is 19.8 Å². The zero-order valence-electron chi connectivity index (χ0n) is 15.9. The molecule has 0 saturated carbocycles. The van der Waals surface area contributed by atoms with E-state index in [1.807, 2.05) is 44.2 Å². The summed E-state index contributed by atoms with van der Waals surface area (Å²) in [5.74, 6) is 0.772. The normalized spacial score (nSPS) is 12.4. The second-order valence-corrected chi connectivity index (χ2v) is 6.68. The highest BCUT2D eigenvalue weighted by molar-refractivity contribution is 5.92. The van der Waals surface area contributed by atoms with Crippen molar-refractivity contribution in [2.75, 3.05) is 0 Å². The molecule has 4 rings (SSSR count). The second kappa shape index (κ2) is 6.52. The van der Waals surface area contributed by atoms with E-state index >= 15 is 0 Å². The molecule has 1 aromatic carbocycles. The van der Waals surface area contributed by atoms with Crippen LogP contribution in [0.5, 0.6) is 0 Å². The number of aryl methyl sites for hydroxylation is 2. The SMILES string of the molecule is Cc1cc(-c2noc(C(C)n3nc(C)c([N+](=O)[O-])c3C)n2)c2ccccc2n1. The van der Waals surface area contributed by atoms with Crippen LogP contribution in [0, 0.1) is 30.9 Å². The lowest BCUT2D eigenvalue weighted by Crippen LogP contribution is -2.11. The molecule has 0 aliphatic carbocycles. The monoisotopic (exact) mass is 378 g/mol. The average Bonchev–Trinajstić information content (AvgIpc) is 3.25. The Morgan fingerprint density at radius 3 is 2.64 bits per heavy atom. The fraction of sp³-hybridized carbons (Fsp3) is 0.263. The molecule has 0 amide bonds. The van der Waals surface area contributed by atoms with Crippen LogP contribution in [-0.4, -0.2) is 29.8 Å². The van der Waals surface area contributed by atoms with E-state index < -0.39 is 11.0 Å². The highest BCUT2D eigenvalue weighted by Crippen LogP contribution is 2.30. The molecular formula is C19H18N6O3. The van der Waals surface area contributed by atoms with Gasteiger partial charge in [0.2, 0.25) is 5.82 Å². The Labute approximate surface area is 160 Å². The summed E-state index contributed by atoms with van der Waals surface area (Å²) in [5, 5.41) is 20.6. The maximum atomic E-state index is 11.3. The van der Waals surface area contributed by atoms with Gasteiger partial charge in [-0.05, 0) is 39.8 Å². The number of rotatable bonds is 4. The average molecular weight is 378 g/mol. The van der Waals surface area contributed by atoms with Gasteiger partial charge in [0.15, 0.2) is 0 Å². The first-order valence-corrected chi connectivity index (χ1v) is 8.77. The number of nitrogens with zero attached hydrogens (tertiary/aromatic N) is 6. The fourth-order valence-corrected chi connectivity index (χ4v) is 3.41. The van der Waals surface area contributed by atoms with Crippen LogP contribution in [0.2, 0.25) is 0 Å². The van der Waals surface area contributed by atoms with Gasteiger partial charge in [-0.25, -0.2) is 0 Å². The van der Waals surface area contributed by atoms with Crippen molar-refractivity contribution in [1.29, 1.82) is 0 Å². The Hall–Kier alpha value is -3.62. The van der Waals surface area contributed by atoms with Crippen LogP contribution in [0.3, 0.4) is 0 Å². The Kier molecular flexibility index (Phi) is 4.14. The summed E-state index contributed by atoms with van der Waals surface area (Å²) in [4.78, 5) is 19.9. The van der Waals surface area contributed by atoms with E-state index in [0.29, 0.717) is 23.1 Å². The second-order valence-electron chi connectivity index (χ2n) is 6.68. The Morgan fingerprint density at radius 1 is 1.18 bits per heavy atom. The molecule has 0 saturated heterocycles. The van der Waals surface area contributed by atoms with Crippen LogP contribution < -0.4 is 0 Å². The molecule has 0 radical (unpaired) electrons. The summed E-state index contributed by atoms with van der Waals surface area (Å²) >= 11 is 0. The molecule has 0 N–H and O–H groups in total. The van der Waals surface area contributed by atoms with Gasteiger partial charge in [0.1, 0.15) is 17.4 Å². The summed E-state index contributed by atoms with van der Waals surface area (Å²) in [6.45, 7) is 7.00. The smallest absolute Gasteiger partial charge is 0.312 e. The lowest BCUT2D eigenvalue weighted by atomic mass is 10.1. The quantitative estimate of drug-likeness (QED) is 0.390. The number of aromatic nitrogens is 5. The molecule has 1 unspecified atom stereocenters. The number of nitro groups is 1. The number of pyridine rings is 1. The van der Waals surface area contributed by atoms with Gasteiger partial charge in [-0.15, -0.1) is 0 Å². The number of fused-ring (bicyclic) bond motifs is 1. The van der Waals surface area contributed by atoms with Crippen LogP contribution >= 0.6 is 0 Å². The molecule has 0 aliphatic rings. The fourth-order valence-electron chi connectivity index (χ4n) is 3.41. The van der Waals surface area contributed by atoms with Crippen molar-refractivity contribution in [1.82, 2.24) is 24.9 Å². The summed E-state index contributed by atoms with van der Waals surface area (Å²) in [6, 6.07) is 9.23. The molecule has 9 nitrogen and oxygen atoms in total. The molecule has 142 valence electrons. The van der Waals surface area contributed by atoms with E-state index in [4.69, 9.17) is 4.52 Å². The summed E-state index contributed by atoms with van der Waals surface area (Å²) < 4.78 is 7.02. The first kappa shape index (κ1) is 17.8. The number of benzene rings is 1. The Balaban J connectivity index is 1.77. The van der Waals surface area contributed by atoms with Gasteiger partial charge in [0, 0.05) is 16.6 Å². The minimum atomic E-state index is -0.442. The van der Waals surface area contributed by atoms with Crippen molar-refractivity contribution in [2.45, 2.75) is 33.7 Å². The van der Waals surface area contributed by atoms with Crippen LogP contribution in [0.4, 0.5) is 5.69 Å². The minimum Gasteiger partial charge on any atom is -0.337 e. The summed E-state index contributed by atoms with van der Waals surface area (Å²) in [6.07, 6.45) is 0. The molecular weight excluding hydrogens is 360 g/mol. The van der Waals surface area contributed by atoms with Gasteiger partial charge in [0.25, 0.3) is 5.89 Å². The van der Waals surface area contributed by atoms with Gasteiger partial charge in [0.05, 0.1) is 10.4 Å². The van der Waals surface area contributed by atoms with Gasteiger partial charge < -0.3 is 4.52 Å². The van der Waals surface area contributed by atoms with Crippen LogP contribution in [-0.2, 0) is 0 Å². The van der Waals surface area contributed by atoms with E-state index in [0.717, 1.165) is 22.2 Å². The first-order valence-electron chi connectivity index (χ1n) is 8.77. The predicted octanol–water partition coefficient (Wildman–Crippen LogP) is 3.92. The zero-order valence-corrected chi connectivity index (χ0v) is 15.9. The largest absolute Gasteiger partial charge is 0.337 e. The van der Waals surface area contributed by atoms with Crippen molar-refractivity contribution in [2.24, 2.45) is 0 Å². The first-order chi connectivity index (χ1) is 13.4. The maximum absolute atomic E-state index is 11.3. The molecule has 0 bridgehead atoms. The van der Waals surface area contributed by atoms with Gasteiger partial charge in [-0.2, -0.15) is 10.1 Å². The molecule has 3 heterocycles. The van der Waals surface area contributed by atoms with Crippen LogP contribution in [0.25, 0.3) is 22.3 Å². The van der Waals surface area contributed by atoms with Crippen molar-refractivity contribution in [3.8, 4) is 11.4 Å². The number of para-hydroxylation sites is 1. The third-order valence-electron chi connectivity index (χ3n) is 4.72. The van der Waals surface area contributed by atoms with E-state index in [2.05, 4.69) is 20.2 Å². The Morgan fingerprint density at radius 2 is 1.93 bits per heavy atom. The molecule has 28 heavy (non-hydrogen) atoms. The Bertz CT molecular complexity index is 1210. The van der Waals surface area contributed by atoms with E-state index in [1.54, 1.807) is 18.5 Å². The van der Waals surface area contributed by atoms with Crippen LogP contribution in [0.15, 0.2) is 34.9 Å². The summed E-state index contributed by atoms with van der Waals surface area (Å²) in [5.41, 5.74) is 3.32. The number of hydrogen-bond acceptors (Lipinski definition) is 7. The maximum Gasteiger partial charge on any atom is 0.312 e. The topological polar surface area (TPSA) is 113 Å². The highest BCUT2D eigenvalue weighted by atomic mass is 16.6. The van der Waals surface area contributed by atoms with Crippen molar-refractivity contribution in [3.05, 3.63) is 63.4 Å². The predicted molar refractivity (Wildman–Crippen MR) is 102 cm³/mol. The van der Waals surface area contributed by atoms with Crippen molar-refractivity contribution < 1.29 is 9.45 Å². The lowest BCUT2D eigenvalue weighted by Gasteiger charge is -2.08. The van der Waals surface area contributed by atoms with Crippen molar-refractivity contribution in [3.63, 3.8) is 0 Å². The molecule has 3 aromatic heterocycles. The third-order valence-corrected chi connectivity index (χ3v) is 4.72. The number of hydrogen-bond donors (Lipinski definition) is 0. The van der Waals surface area contributed by atoms with E-state index in [9.17, 15) is 10.1 Å². The van der Waals surface area contributed by atoms with Gasteiger partial charge >= 0.3 is 5.69 Å². The molecule has 0 fully saturated rings. The molecule has 9 heteroatoms. The zero-order chi connectivity index (χ0) is 20.0. The standard InChI is InChI=1S/C19H18N6O3/c1-10-9-15(14-7-5-6-8-16(14)20-10)18-21-19(28-23-18)13(4)24-12(3)17(25(26)27)11(2)22-24/h5-9,13H,1-4H3. The lowest BCUT2D eigenvalue weighted by molar-refractivity contribution is -0.386. The van der Waals surface area contributed by atoms with Crippen LogP contribution in [0.1, 0.15) is 35.9 Å². The minimum absolute atomic E-state index is 0.00217. The molecule has 0 spiro atoms. The van der Waals surface area contributed by atoms with Gasteiger partial charge in [-0.1, -0.05) is 23.4 Å².